The first kappa shape index (κ1) is 16.2. The molecule has 3 nitrogen and oxygen atoms in total. The van der Waals surface area contributed by atoms with Gasteiger partial charge in [-0.1, -0.05) is 19.8 Å². The molecule has 1 saturated carbocycles. The summed E-state index contributed by atoms with van der Waals surface area (Å²) < 4.78 is 10.5. The number of alkyl halides is 1. The number of hydrogen-bond acceptors (Lipinski definition) is 3. The van der Waals surface area contributed by atoms with Gasteiger partial charge in [0.1, 0.15) is 0 Å². The van der Waals surface area contributed by atoms with Crippen molar-refractivity contribution >= 4 is 11.6 Å². The van der Waals surface area contributed by atoms with Crippen LogP contribution in [0.5, 0.6) is 0 Å². The van der Waals surface area contributed by atoms with Crippen molar-refractivity contribution in [3.63, 3.8) is 0 Å². The van der Waals surface area contributed by atoms with Crippen LogP contribution in [0.3, 0.4) is 0 Å². The van der Waals surface area contributed by atoms with Crippen LogP contribution in [0, 0.1) is 5.92 Å². The van der Waals surface area contributed by atoms with Crippen molar-refractivity contribution in [3.05, 3.63) is 0 Å². The Morgan fingerprint density at radius 3 is 2.83 bits per heavy atom. The van der Waals surface area contributed by atoms with Crippen LogP contribution in [0.4, 0.5) is 0 Å². The van der Waals surface area contributed by atoms with Crippen molar-refractivity contribution in [1.29, 1.82) is 0 Å². The Balaban J connectivity index is 2.11. The first-order valence-corrected chi connectivity index (χ1v) is 7.63. The average molecular weight is 278 g/mol. The maximum atomic E-state index is 6.16. The molecule has 0 radical (unpaired) electrons. The predicted molar refractivity (Wildman–Crippen MR) is 76.4 cm³/mol. The minimum atomic E-state index is 0.148. The molecule has 1 aliphatic carbocycles. The number of hydrogen-bond donors (Lipinski definition) is 1. The molecule has 4 heteroatoms. The Hall–Kier alpha value is 0.170. The molecular weight excluding hydrogens is 250 g/mol. The molecule has 0 aromatic carbocycles. The second-order valence-corrected chi connectivity index (χ2v) is 5.77. The Labute approximate surface area is 117 Å². The van der Waals surface area contributed by atoms with Gasteiger partial charge in [-0.05, 0) is 25.2 Å². The van der Waals surface area contributed by atoms with Crippen LogP contribution in [0.2, 0.25) is 0 Å². The van der Waals surface area contributed by atoms with Gasteiger partial charge in [-0.25, -0.2) is 0 Å². The number of nitrogens with one attached hydrogen (secondary N) is 1. The molecule has 2 atom stereocenters. The standard InChI is InChI=1S/C14H28ClNO2/c1-13-5-3-6-14(11-13,12-15)16-7-10-18-9-4-8-17-2/h13,16H,3-12H2,1-2H3. The zero-order chi connectivity index (χ0) is 13.3. The average Bonchev–Trinajstić information content (AvgIpc) is 2.38. The molecular formula is C14H28ClNO2. The van der Waals surface area contributed by atoms with E-state index in [0.29, 0.717) is 5.88 Å². The molecule has 0 amide bonds. The molecule has 108 valence electrons. The summed E-state index contributed by atoms with van der Waals surface area (Å²) in [4.78, 5) is 0. The fourth-order valence-corrected chi connectivity index (χ4v) is 3.12. The lowest BCUT2D eigenvalue weighted by atomic mass is 9.77. The van der Waals surface area contributed by atoms with Gasteiger partial charge in [0.15, 0.2) is 0 Å². The molecule has 0 heterocycles. The van der Waals surface area contributed by atoms with Crippen LogP contribution in [-0.4, -0.2) is 44.9 Å². The maximum Gasteiger partial charge on any atom is 0.0591 e. The van der Waals surface area contributed by atoms with E-state index in [1.807, 2.05) is 0 Å². The van der Waals surface area contributed by atoms with Gasteiger partial charge < -0.3 is 14.8 Å². The van der Waals surface area contributed by atoms with Crippen LogP contribution in [0.1, 0.15) is 39.0 Å². The zero-order valence-electron chi connectivity index (χ0n) is 11.8. The molecule has 0 aliphatic heterocycles. The Morgan fingerprint density at radius 2 is 2.17 bits per heavy atom. The fourth-order valence-electron chi connectivity index (χ4n) is 2.78. The van der Waals surface area contributed by atoms with Gasteiger partial charge >= 0.3 is 0 Å². The van der Waals surface area contributed by atoms with E-state index in [0.717, 1.165) is 38.7 Å². The lowest BCUT2D eigenvalue weighted by Gasteiger charge is -2.39. The highest BCUT2D eigenvalue weighted by molar-refractivity contribution is 6.18. The Bertz CT molecular complexity index is 216. The number of rotatable bonds is 9. The van der Waals surface area contributed by atoms with Gasteiger partial charge in [0.05, 0.1) is 6.61 Å². The molecule has 0 saturated heterocycles. The van der Waals surface area contributed by atoms with Gasteiger partial charge in [-0.15, -0.1) is 11.6 Å². The zero-order valence-corrected chi connectivity index (χ0v) is 12.6. The van der Waals surface area contributed by atoms with E-state index in [4.69, 9.17) is 21.1 Å². The van der Waals surface area contributed by atoms with E-state index >= 15 is 0 Å². The lowest BCUT2D eigenvalue weighted by molar-refractivity contribution is 0.0959. The minimum Gasteiger partial charge on any atom is -0.385 e. The summed E-state index contributed by atoms with van der Waals surface area (Å²) in [5, 5.41) is 3.62. The second kappa shape index (κ2) is 9.13. The van der Waals surface area contributed by atoms with Gasteiger partial charge in [0.2, 0.25) is 0 Å². The monoisotopic (exact) mass is 277 g/mol. The number of halogens is 1. The van der Waals surface area contributed by atoms with Crippen molar-refractivity contribution < 1.29 is 9.47 Å². The van der Waals surface area contributed by atoms with Crippen molar-refractivity contribution in [3.8, 4) is 0 Å². The van der Waals surface area contributed by atoms with E-state index < -0.39 is 0 Å². The van der Waals surface area contributed by atoms with E-state index in [-0.39, 0.29) is 5.54 Å². The number of ether oxygens (including phenoxy) is 2. The van der Waals surface area contributed by atoms with E-state index in [1.165, 1.54) is 25.7 Å². The van der Waals surface area contributed by atoms with Crippen LogP contribution in [-0.2, 0) is 9.47 Å². The molecule has 0 spiro atoms. The lowest BCUT2D eigenvalue weighted by Crippen LogP contribution is -2.51. The summed E-state index contributed by atoms with van der Waals surface area (Å²) in [6, 6.07) is 0. The van der Waals surface area contributed by atoms with Crippen molar-refractivity contribution in [2.24, 2.45) is 5.92 Å². The third-order valence-electron chi connectivity index (χ3n) is 3.73. The number of methoxy groups -OCH3 is 1. The molecule has 1 N–H and O–H groups in total. The summed E-state index contributed by atoms with van der Waals surface area (Å²) in [7, 11) is 1.72. The van der Waals surface area contributed by atoms with Crippen molar-refractivity contribution in [2.75, 3.05) is 39.4 Å². The summed E-state index contributed by atoms with van der Waals surface area (Å²) in [5.74, 6) is 1.49. The first-order valence-electron chi connectivity index (χ1n) is 7.10. The van der Waals surface area contributed by atoms with Crippen LogP contribution >= 0.6 is 11.6 Å². The Morgan fingerprint density at radius 1 is 1.33 bits per heavy atom. The normalized spacial score (nSPS) is 28.5. The highest BCUT2D eigenvalue weighted by Crippen LogP contribution is 2.32. The van der Waals surface area contributed by atoms with Crippen LogP contribution in [0.15, 0.2) is 0 Å². The fraction of sp³-hybridized carbons (Fsp3) is 1.00. The van der Waals surface area contributed by atoms with E-state index in [2.05, 4.69) is 12.2 Å². The summed E-state index contributed by atoms with van der Waals surface area (Å²) >= 11 is 6.16. The van der Waals surface area contributed by atoms with Gasteiger partial charge in [0, 0.05) is 38.3 Å². The molecule has 0 aromatic heterocycles. The smallest absolute Gasteiger partial charge is 0.0591 e. The Kier molecular flexibility index (Phi) is 8.23. The molecule has 18 heavy (non-hydrogen) atoms. The predicted octanol–water partition coefficient (Wildman–Crippen LogP) is 2.82. The van der Waals surface area contributed by atoms with E-state index in [1.54, 1.807) is 7.11 Å². The summed E-state index contributed by atoms with van der Waals surface area (Å²) in [5.41, 5.74) is 0.148. The highest BCUT2D eigenvalue weighted by atomic mass is 35.5. The maximum absolute atomic E-state index is 6.16. The molecule has 2 unspecified atom stereocenters. The van der Waals surface area contributed by atoms with Gasteiger partial charge in [0.25, 0.3) is 0 Å². The first-order chi connectivity index (χ1) is 8.72. The van der Waals surface area contributed by atoms with Gasteiger partial charge in [-0.3, -0.25) is 0 Å². The quantitative estimate of drug-likeness (QED) is 0.519. The minimum absolute atomic E-state index is 0.148. The highest BCUT2D eigenvalue weighted by Gasteiger charge is 2.33. The molecule has 0 bridgehead atoms. The SMILES string of the molecule is COCCCOCCNC1(CCl)CCCC(C)C1. The summed E-state index contributed by atoms with van der Waals surface area (Å²) in [6.45, 7) is 5.53. The molecule has 0 aromatic rings. The van der Waals surface area contributed by atoms with E-state index in [9.17, 15) is 0 Å². The molecule has 1 fully saturated rings. The molecule has 1 aliphatic rings. The topological polar surface area (TPSA) is 30.5 Å². The summed E-state index contributed by atoms with van der Waals surface area (Å²) in [6.07, 6.45) is 5.99. The van der Waals surface area contributed by atoms with Crippen molar-refractivity contribution in [1.82, 2.24) is 5.32 Å². The third kappa shape index (κ3) is 5.87. The van der Waals surface area contributed by atoms with Crippen molar-refractivity contribution in [2.45, 2.75) is 44.6 Å². The van der Waals surface area contributed by atoms with Crippen LogP contribution < -0.4 is 5.32 Å². The van der Waals surface area contributed by atoms with Crippen LogP contribution in [0.25, 0.3) is 0 Å². The third-order valence-corrected chi connectivity index (χ3v) is 4.24. The van der Waals surface area contributed by atoms with Gasteiger partial charge in [-0.2, -0.15) is 0 Å². The second-order valence-electron chi connectivity index (χ2n) is 5.50. The largest absolute Gasteiger partial charge is 0.385 e. The molecule has 1 rings (SSSR count).